The minimum atomic E-state index is -0.897. The van der Waals surface area contributed by atoms with Gasteiger partial charge in [-0.1, -0.05) is 0 Å². The summed E-state index contributed by atoms with van der Waals surface area (Å²) in [5.74, 6) is -0.436. The molecule has 0 N–H and O–H groups in total. The zero-order valence-electron chi connectivity index (χ0n) is 10.3. The van der Waals surface area contributed by atoms with Crippen LogP contribution in [0.25, 0.3) is 0 Å². The van der Waals surface area contributed by atoms with Crippen LogP contribution in [0.2, 0.25) is 6.04 Å². The Bertz CT molecular complexity index is 217. The molecule has 1 aliphatic heterocycles. The van der Waals surface area contributed by atoms with Crippen LogP contribution in [0.15, 0.2) is 0 Å². The van der Waals surface area contributed by atoms with E-state index in [4.69, 9.17) is 23.4 Å². The Morgan fingerprint density at radius 1 is 1.47 bits per heavy atom. The van der Waals surface area contributed by atoms with Gasteiger partial charge in [-0.15, -0.1) is 0 Å². The molecular weight excluding hydrogens is 244 g/mol. The van der Waals surface area contributed by atoms with E-state index in [0.29, 0.717) is 19.3 Å². The molecule has 1 saturated heterocycles. The van der Waals surface area contributed by atoms with E-state index in [0.717, 1.165) is 19.1 Å². The number of rotatable bonds is 10. The third kappa shape index (κ3) is 6.74. The first-order valence-electron chi connectivity index (χ1n) is 5.69. The van der Waals surface area contributed by atoms with Crippen LogP contribution in [0.1, 0.15) is 6.42 Å². The zero-order valence-corrected chi connectivity index (χ0v) is 11.8. The second-order valence-corrected chi connectivity index (χ2v) is 5.11. The maximum absolute atomic E-state index is 11.3. The highest BCUT2D eigenvalue weighted by Crippen LogP contribution is 2.08. The largest absolute Gasteiger partial charge is 0.521 e. The van der Waals surface area contributed by atoms with Gasteiger partial charge in [0, 0.05) is 20.8 Å². The first-order valence-corrected chi connectivity index (χ1v) is 7.27. The Hall–Kier alpha value is -0.473. The van der Waals surface area contributed by atoms with E-state index < -0.39 is 22.0 Å². The van der Waals surface area contributed by atoms with Gasteiger partial charge in [0.25, 0.3) is 6.29 Å². The Labute approximate surface area is 103 Å². The molecule has 17 heavy (non-hydrogen) atoms. The lowest BCUT2D eigenvalue weighted by molar-refractivity contribution is -0.174. The number of hydrogen-bond donors (Lipinski definition) is 0. The molecule has 6 nitrogen and oxygen atoms in total. The lowest BCUT2D eigenvalue weighted by atomic mass is 10.5. The van der Waals surface area contributed by atoms with Gasteiger partial charge in [-0.25, -0.2) is 4.79 Å². The molecule has 1 atom stereocenters. The zero-order chi connectivity index (χ0) is 12.5. The van der Waals surface area contributed by atoms with Crippen molar-refractivity contribution in [2.45, 2.75) is 24.9 Å². The highest BCUT2D eigenvalue weighted by Gasteiger charge is 2.22. The monoisotopic (exact) mass is 264 g/mol. The summed E-state index contributed by atoms with van der Waals surface area (Å²) >= 11 is 0. The minimum absolute atomic E-state index is 0.314. The van der Waals surface area contributed by atoms with Gasteiger partial charge in [0.1, 0.15) is 6.10 Å². The van der Waals surface area contributed by atoms with Crippen LogP contribution in [-0.2, 0) is 28.2 Å². The average molecular weight is 264 g/mol. The molecule has 1 unspecified atom stereocenters. The molecule has 1 heterocycles. The smallest absolute Gasteiger partial charge is 0.349 e. The van der Waals surface area contributed by atoms with Crippen LogP contribution in [0.5, 0.6) is 0 Å². The fourth-order valence-corrected chi connectivity index (χ4v) is 2.10. The van der Waals surface area contributed by atoms with Crippen molar-refractivity contribution in [1.82, 2.24) is 0 Å². The molecule has 100 valence electrons. The molecule has 0 aromatic heterocycles. The second-order valence-electron chi connectivity index (χ2n) is 3.71. The van der Waals surface area contributed by atoms with Crippen molar-refractivity contribution in [3.63, 3.8) is 0 Å². The van der Waals surface area contributed by atoms with E-state index in [9.17, 15) is 4.79 Å². The van der Waals surface area contributed by atoms with E-state index in [-0.39, 0.29) is 0 Å². The van der Waals surface area contributed by atoms with Gasteiger partial charge < -0.3 is 23.4 Å². The molecule has 1 rings (SSSR count). The Morgan fingerprint density at radius 2 is 2.18 bits per heavy atom. The van der Waals surface area contributed by atoms with Crippen LogP contribution in [-0.4, -0.2) is 62.2 Å². The molecule has 0 aromatic rings. The van der Waals surface area contributed by atoms with Gasteiger partial charge in [0.15, 0.2) is 0 Å². The normalized spacial score (nSPS) is 19.1. The molecule has 0 aliphatic carbocycles. The standard InChI is InChI=1S/C10H20O6Si/c1-12-10(13-2)9(11)16-17-5-3-4-14-6-8-7-15-8/h8,10H,3-7,17H2,1-2H3. The molecule has 0 saturated carbocycles. The SMILES string of the molecule is COC(OC)C(=O)O[SiH2]CCCOCC1CO1. The maximum atomic E-state index is 11.3. The van der Waals surface area contributed by atoms with Crippen molar-refractivity contribution >= 4 is 15.7 Å². The minimum Gasteiger partial charge on any atom is -0.521 e. The number of hydrogen-bond acceptors (Lipinski definition) is 6. The summed E-state index contributed by atoms with van der Waals surface area (Å²) in [6.07, 6.45) is 0.330. The van der Waals surface area contributed by atoms with E-state index in [1.165, 1.54) is 14.2 Å². The molecule has 0 radical (unpaired) electrons. The van der Waals surface area contributed by atoms with Crippen molar-refractivity contribution in [2.24, 2.45) is 0 Å². The Morgan fingerprint density at radius 3 is 2.76 bits per heavy atom. The highest BCUT2D eigenvalue weighted by atomic mass is 28.2. The van der Waals surface area contributed by atoms with Crippen molar-refractivity contribution in [2.75, 3.05) is 34.0 Å². The van der Waals surface area contributed by atoms with E-state index in [2.05, 4.69) is 0 Å². The molecule has 1 aliphatic rings. The van der Waals surface area contributed by atoms with Gasteiger partial charge >= 0.3 is 5.97 Å². The summed E-state index contributed by atoms with van der Waals surface area (Å²) in [5, 5.41) is 0. The van der Waals surface area contributed by atoms with Crippen molar-refractivity contribution in [3.8, 4) is 0 Å². The van der Waals surface area contributed by atoms with Gasteiger partial charge in [-0.05, 0) is 12.5 Å². The molecule has 1 fully saturated rings. The van der Waals surface area contributed by atoms with Crippen LogP contribution >= 0.6 is 0 Å². The summed E-state index contributed by atoms with van der Waals surface area (Å²) in [6, 6.07) is 0.900. The molecule has 7 heteroatoms. The molecule has 0 aromatic carbocycles. The number of epoxide rings is 1. The first-order chi connectivity index (χ1) is 8.27. The first kappa shape index (κ1) is 14.6. The predicted octanol–water partition coefficient (Wildman–Crippen LogP) is -0.544. The van der Waals surface area contributed by atoms with E-state index >= 15 is 0 Å². The van der Waals surface area contributed by atoms with Crippen molar-refractivity contribution in [3.05, 3.63) is 0 Å². The van der Waals surface area contributed by atoms with Crippen LogP contribution in [0.4, 0.5) is 0 Å². The number of methoxy groups -OCH3 is 2. The predicted molar refractivity (Wildman–Crippen MR) is 62.4 cm³/mol. The third-order valence-corrected chi connectivity index (χ3v) is 3.53. The summed E-state index contributed by atoms with van der Waals surface area (Å²) in [7, 11) is 1.96. The average Bonchev–Trinajstić information content (AvgIpc) is 3.13. The topological polar surface area (TPSA) is 66.5 Å². The van der Waals surface area contributed by atoms with Crippen molar-refractivity contribution in [1.29, 1.82) is 0 Å². The number of carbonyl (C=O) groups is 1. The van der Waals surface area contributed by atoms with Crippen LogP contribution < -0.4 is 0 Å². The number of carbonyl (C=O) groups excluding carboxylic acids is 1. The molecule has 0 bridgehead atoms. The summed E-state index contributed by atoms with van der Waals surface area (Å²) in [4.78, 5) is 11.3. The fourth-order valence-electron chi connectivity index (χ4n) is 1.21. The van der Waals surface area contributed by atoms with Gasteiger partial charge in [0.2, 0.25) is 9.76 Å². The van der Waals surface area contributed by atoms with Crippen molar-refractivity contribution < 1.29 is 28.2 Å². The van der Waals surface area contributed by atoms with Gasteiger partial charge in [-0.3, -0.25) is 0 Å². The summed E-state index contributed by atoms with van der Waals surface area (Å²) in [5.41, 5.74) is 0. The van der Waals surface area contributed by atoms with Crippen LogP contribution in [0.3, 0.4) is 0 Å². The summed E-state index contributed by atoms with van der Waals surface area (Å²) < 4.78 is 25.0. The van der Waals surface area contributed by atoms with Crippen LogP contribution in [0, 0.1) is 0 Å². The fraction of sp³-hybridized carbons (Fsp3) is 0.900. The van der Waals surface area contributed by atoms with E-state index in [1.807, 2.05) is 0 Å². The maximum Gasteiger partial charge on any atom is 0.349 e. The molecular formula is C10H20O6Si. The van der Waals surface area contributed by atoms with Gasteiger partial charge in [-0.2, -0.15) is 0 Å². The highest BCUT2D eigenvalue weighted by molar-refractivity contribution is 6.30. The number of ether oxygens (including phenoxy) is 4. The molecule has 0 amide bonds. The quantitative estimate of drug-likeness (QED) is 0.228. The molecule has 0 spiro atoms. The second kappa shape index (κ2) is 8.59. The van der Waals surface area contributed by atoms with Gasteiger partial charge in [0.05, 0.1) is 13.2 Å². The summed E-state index contributed by atoms with van der Waals surface area (Å²) in [6.45, 7) is 2.20. The van der Waals surface area contributed by atoms with E-state index in [1.54, 1.807) is 0 Å². The lowest BCUT2D eigenvalue weighted by Gasteiger charge is -2.12. The third-order valence-electron chi connectivity index (χ3n) is 2.25. The Kier molecular flexibility index (Phi) is 7.37. The Balaban J connectivity index is 1.86. The lowest BCUT2D eigenvalue weighted by Crippen LogP contribution is -2.28.